The van der Waals surface area contributed by atoms with Crippen LogP contribution in [0.5, 0.6) is 5.75 Å². The standard InChI is InChI=1S/C18H19NO5S/c1-18(2,3)14(20)9-15-19-17(23)13(25-15)8-11-4-6-12(7-5-11)24-10-16(21)22/h4-9H,10H2,1-3H3,(H,19,23)(H,21,22)/b13-8-,15-9-. The van der Waals surface area contributed by atoms with Gasteiger partial charge in [-0.3, -0.25) is 9.59 Å². The number of ether oxygens (including phenoxy) is 1. The van der Waals surface area contributed by atoms with Crippen LogP contribution in [0.2, 0.25) is 0 Å². The number of benzene rings is 1. The zero-order valence-corrected chi connectivity index (χ0v) is 15.0. The largest absolute Gasteiger partial charge is 0.482 e. The van der Waals surface area contributed by atoms with Crippen molar-refractivity contribution < 1.29 is 19.4 Å². The lowest BCUT2D eigenvalue weighted by Gasteiger charge is -2.12. The van der Waals surface area contributed by atoms with E-state index in [4.69, 9.17) is 9.84 Å². The van der Waals surface area contributed by atoms with E-state index in [2.05, 4.69) is 4.98 Å². The lowest BCUT2D eigenvalue weighted by atomic mass is 9.91. The lowest BCUT2D eigenvalue weighted by molar-refractivity contribution is -0.139. The van der Waals surface area contributed by atoms with Gasteiger partial charge in [-0.15, -0.1) is 11.3 Å². The number of aromatic nitrogens is 1. The molecule has 0 aliphatic rings. The molecule has 6 nitrogen and oxygen atoms in total. The number of thiazole rings is 1. The van der Waals surface area contributed by atoms with Gasteiger partial charge < -0.3 is 14.8 Å². The number of hydrogen-bond donors (Lipinski definition) is 2. The summed E-state index contributed by atoms with van der Waals surface area (Å²) in [4.78, 5) is 37.2. The van der Waals surface area contributed by atoms with Gasteiger partial charge in [0.1, 0.15) is 5.75 Å². The van der Waals surface area contributed by atoms with Gasteiger partial charge in [0, 0.05) is 11.5 Å². The van der Waals surface area contributed by atoms with Gasteiger partial charge in [-0.05, 0) is 23.8 Å². The van der Waals surface area contributed by atoms with Crippen LogP contribution in [0.4, 0.5) is 0 Å². The maximum atomic E-state index is 12.0. The Hall–Kier alpha value is -2.67. The number of Topliss-reactive ketones (excluding diaryl/α,β-unsaturated/α-hetero) is 1. The fraction of sp³-hybridized carbons (Fsp3) is 0.278. The van der Waals surface area contributed by atoms with Crippen molar-refractivity contribution in [3.8, 4) is 5.75 Å². The first-order valence-corrected chi connectivity index (χ1v) is 8.38. The van der Waals surface area contributed by atoms with E-state index in [-0.39, 0.29) is 11.3 Å². The summed E-state index contributed by atoms with van der Waals surface area (Å²) < 4.78 is 6.05. The molecular formula is C18H19NO5S. The molecule has 0 amide bonds. The Morgan fingerprint density at radius 1 is 1.24 bits per heavy atom. The fourth-order valence-corrected chi connectivity index (χ4v) is 2.70. The Kier molecular flexibility index (Phi) is 5.58. The predicted octanol–water partition coefficient (Wildman–Crippen LogP) is 1.12. The van der Waals surface area contributed by atoms with Crippen LogP contribution < -0.4 is 19.5 Å². The zero-order valence-electron chi connectivity index (χ0n) is 14.2. The lowest BCUT2D eigenvalue weighted by Crippen LogP contribution is -2.22. The third-order valence-corrected chi connectivity index (χ3v) is 4.18. The van der Waals surface area contributed by atoms with Gasteiger partial charge in [-0.25, -0.2) is 4.79 Å². The SMILES string of the molecule is CC(C)(C)C(=O)/C=c1/[nH]c(=O)/c(=C/c2ccc(OCC(=O)O)cc2)s1. The molecule has 2 rings (SSSR count). The van der Waals surface area contributed by atoms with Crippen LogP contribution in [-0.2, 0) is 9.59 Å². The third-order valence-electron chi connectivity index (χ3n) is 3.22. The van der Waals surface area contributed by atoms with Gasteiger partial charge in [-0.2, -0.15) is 0 Å². The fourth-order valence-electron chi connectivity index (χ4n) is 1.82. The van der Waals surface area contributed by atoms with Crippen LogP contribution in [0.3, 0.4) is 0 Å². The topological polar surface area (TPSA) is 96.5 Å². The smallest absolute Gasteiger partial charge is 0.341 e. The Balaban J connectivity index is 2.27. The molecule has 0 spiro atoms. The molecule has 1 aromatic carbocycles. The molecule has 0 aliphatic carbocycles. The van der Waals surface area contributed by atoms with E-state index in [1.165, 1.54) is 17.4 Å². The second-order valence-electron chi connectivity index (χ2n) is 6.44. The number of nitrogens with one attached hydrogen (secondary N) is 1. The first-order valence-electron chi connectivity index (χ1n) is 7.57. The number of carboxylic acid groups (broad SMARTS) is 1. The molecule has 0 saturated heterocycles. The van der Waals surface area contributed by atoms with Crippen molar-refractivity contribution in [3.63, 3.8) is 0 Å². The van der Waals surface area contributed by atoms with Crippen molar-refractivity contribution in [2.75, 3.05) is 6.61 Å². The van der Waals surface area contributed by atoms with E-state index in [0.717, 1.165) is 5.56 Å². The first kappa shape index (κ1) is 18.7. The Bertz CT molecular complexity index is 945. The van der Waals surface area contributed by atoms with Crippen molar-refractivity contribution >= 4 is 35.2 Å². The molecule has 1 aromatic heterocycles. The number of rotatable bonds is 5. The molecule has 0 radical (unpaired) electrons. The van der Waals surface area contributed by atoms with Crippen LogP contribution in [0.25, 0.3) is 12.2 Å². The minimum Gasteiger partial charge on any atom is -0.482 e. The van der Waals surface area contributed by atoms with E-state index in [9.17, 15) is 14.4 Å². The number of carbonyl (C=O) groups excluding carboxylic acids is 1. The number of aromatic amines is 1. The molecule has 7 heteroatoms. The number of hydrogen-bond acceptors (Lipinski definition) is 5. The average Bonchev–Trinajstić information content (AvgIpc) is 2.85. The minimum atomic E-state index is -1.05. The van der Waals surface area contributed by atoms with E-state index in [0.29, 0.717) is 14.9 Å². The van der Waals surface area contributed by atoms with Crippen LogP contribution in [0.15, 0.2) is 29.1 Å². The van der Waals surface area contributed by atoms with Crippen LogP contribution in [-0.4, -0.2) is 28.4 Å². The number of carbonyl (C=O) groups is 2. The summed E-state index contributed by atoms with van der Waals surface area (Å²) >= 11 is 1.21. The minimum absolute atomic E-state index is 0.0588. The van der Waals surface area contributed by atoms with Crippen molar-refractivity contribution in [1.82, 2.24) is 4.98 Å². The highest BCUT2D eigenvalue weighted by molar-refractivity contribution is 7.07. The van der Waals surface area contributed by atoms with Gasteiger partial charge in [0.2, 0.25) is 0 Å². The summed E-state index contributed by atoms with van der Waals surface area (Å²) in [7, 11) is 0. The van der Waals surface area contributed by atoms with Gasteiger partial charge in [-0.1, -0.05) is 32.9 Å². The van der Waals surface area contributed by atoms with Crippen molar-refractivity contribution in [3.05, 3.63) is 49.4 Å². The highest BCUT2D eigenvalue weighted by Gasteiger charge is 2.18. The second-order valence-corrected chi connectivity index (χ2v) is 7.52. The summed E-state index contributed by atoms with van der Waals surface area (Å²) in [6, 6.07) is 6.71. The molecule has 0 fully saturated rings. The quantitative estimate of drug-likeness (QED) is 0.832. The molecule has 0 aliphatic heterocycles. The van der Waals surface area contributed by atoms with Gasteiger partial charge in [0.25, 0.3) is 5.56 Å². The maximum absolute atomic E-state index is 12.0. The molecule has 1 heterocycles. The molecule has 2 aromatic rings. The normalized spacial score (nSPS) is 13.1. The van der Waals surface area contributed by atoms with Crippen LogP contribution in [0, 0.1) is 5.41 Å². The summed E-state index contributed by atoms with van der Waals surface area (Å²) in [5.41, 5.74) is 0.00387. The van der Waals surface area contributed by atoms with Gasteiger partial charge >= 0.3 is 5.97 Å². The second kappa shape index (κ2) is 7.48. The molecule has 25 heavy (non-hydrogen) atoms. The summed E-state index contributed by atoms with van der Waals surface area (Å²) in [5.74, 6) is -0.671. The third kappa shape index (κ3) is 5.42. The van der Waals surface area contributed by atoms with Crippen LogP contribution >= 0.6 is 11.3 Å². The maximum Gasteiger partial charge on any atom is 0.341 e. The summed E-state index contributed by atoms with van der Waals surface area (Å²) in [6.07, 6.45) is 3.15. The number of carboxylic acids is 1. The Morgan fingerprint density at radius 3 is 2.44 bits per heavy atom. The number of H-pyrrole nitrogens is 1. The predicted molar refractivity (Wildman–Crippen MR) is 96.3 cm³/mol. The highest BCUT2D eigenvalue weighted by atomic mass is 32.1. The van der Waals surface area contributed by atoms with E-state index < -0.39 is 18.0 Å². The summed E-state index contributed by atoms with van der Waals surface area (Å²) in [5, 5.41) is 8.57. The Morgan fingerprint density at radius 2 is 1.88 bits per heavy atom. The zero-order chi connectivity index (χ0) is 18.6. The Labute approximate surface area is 148 Å². The molecule has 132 valence electrons. The highest BCUT2D eigenvalue weighted by Crippen LogP contribution is 2.15. The van der Waals surface area contributed by atoms with E-state index in [1.54, 1.807) is 30.3 Å². The van der Waals surface area contributed by atoms with Gasteiger partial charge in [0.05, 0.1) is 9.20 Å². The molecule has 0 atom stereocenters. The van der Waals surface area contributed by atoms with Gasteiger partial charge in [0.15, 0.2) is 12.4 Å². The molecular weight excluding hydrogens is 342 g/mol. The average molecular weight is 361 g/mol. The first-order chi connectivity index (χ1) is 11.6. The van der Waals surface area contributed by atoms with Crippen LogP contribution in [0.1, 0.15) is 26.3 Å². The van der Waals surface area contributed by atoms with Crippen molar-refractivity contribution in [2.24, 2.45) is 5.41 Å². The number of ketones is 1. The number of aliphatic carboxylic acids is 1. The summed E-state index contributed by atoms with van der Waals surface area (Å²) in [6.45, 7) is 5.05. The molecule has 0 bridgehead atoms. The van der Waals surface area contributed by atoms with E-state index in [1.807, 2.05) is 20.8 Å². The monoisotopic (exact) mass is 361 g/mol. The molecule has 2 N–H and O–H groups in total. The molecule has 0 unspecified atom stereocenters. The van der Waals surface area contributed by atoms with Crippen molar-refractivity contribution in [1.29, 1.82) is 0 Å². The van der Waals surface area contributed by atoms with E-state index >= 15 is 0 Å². The van der Waals surface area contributed by atoms with Crippen molar-refractivity contribution in [2.45, 2.75) is 20.8 Å². The molecule has 0 saturated carbocycles.